The van der Waals surface area contributed by atoms with E-state index in [0.29, 0.717) is 11.3 Å². The summed E-state index contributed by atoms with van der Waals surface area (Å²) >= 11 is 0. The standard InChI is InChI=1S/C21H14F2N4O2/c22-13-2-1-3-14(10-13)26-21(28)27-18-6-4-15(11-17(18)23)29-16-5-7-19-20(12-16)25-9-8-24-19/h1-12H,(H2,26,27,28). The van der Waals surface area contributed by atoms with Crippen LogP contribution in [-0.4, -0.2) is 16.0 Å². The van der Waals surface area contributed by atoms with Crippen molar-refractivity contribution in [2.24, 2.45) is 0 Å². The van der Waals surface area contributed by atoms with Gasteiger partial charge in [0.05, 0.1) is 16.7 Å². The van der Waals surface area contributed by atoms with E-state index in [-0.39, 0.29) is 17.1 Å². The molecule has 6 nitrogen and oxygen atoms in total. The van der Waals surface area contributed by atoms with Gasteiger partial charge in [0.15, 0.2) is 0 Å². The third-order valence-corrected chi connectivity index (χ3v) is 3.95. The highest BCUT2D eigenvalue weighted by Crippen LogP contribution is 2.27. The number of urea groups is 1. The van der Waals surface area contributed by atoms with Crippen LogP contribution in [0.1, 0.15) is 0 Å². The zero-order chi connectivity index (χ0) is 20.2. The van der Waals surface area contributed by atoms with Gasteiger partial charge in [-0.05, 0) is 42.5 Å². The highest BCUT2D eigenvalue weighted by Gasteiger charge is 2.10. The van der Waals surface area contributed by atoms with Crippen molar-refractivity contribution >= 4 is 28.4 Å². The van der Waals surface area contributed by atoms with Crippen LogP contribution in [0.25, 0.3) is 11.0 Å². The number of halogens is 2. The molecule has 0 fully saturated rings. The molecule has 0 aliphatic carbocycles. The van der Waals surface area contributed by atoms with E-state index in [2.05, 4.69) is 20.6 Å². The molecule has 0 aliphatic rings. The summed E-state index contributed by atoms with van der Waals surface area (Å²) in [6.45, 7) is 0. The first-order valence-corrected chi connectivity index (χ1v) is 8.58. The third-order valence-electron chi connectivity index (χ3n) is 3.95. The molecule has 0 saturated carbocycles. The number of amides is 2. The van der Waals surface area contributed by atoms with Gasteiger partial charge in [-0.25, -0.2) is 13.6 Å². The summed E-state index contributed by atoms with van der Waals surface area (Å²) in [6.07, 6.45) is 3.16. The molecule has 4 aromatic rings. The monoisotopic (exact) mass is 392 g/mol. The smallest absolute Gasteiger partial charge is 0.323 e. The Balaban J connectivity index is 1.45. The molecular formula is C21H14F2N4O2. The topological polar surface area (TPSA) is 76.1 Å². The quantitative estimate of drug-likeness (QED) is 0.491. The fourth-order valence-electron chi connectivity index (χ4n) is 2.65. The lowest BCUT2D eigenvalue weighted by molar-refractivity contribution is 0.262. The first kappa shape index (κ1) is 18.3. The number of hydrogen-bond donors (Lipinski definition) is 2. The summed E-state index contributed by atoms with van der Waals surface area (Å²) < 4.78 is 33.2. The molecule has 0 unspecified atom stereocenters. The minimum atomic E-state index is -0.698. The Kier molecular flexibility index (Phi) is 4.98. The van der Waals surface area contributed by atoms with Gasteiger partial charge in [-0.15, -0.1) is 0 Å². The predicted molar refractivity (Wildman–Crippen MR) is 105 cm³/mol. The zero-order valence-electron chi connectivity index (χ0n) is 14.9. The van der Waals surface area contributed by atoms with Crippen LogP contribution in [0.3, 0.4) is 0 Å². The number of carbonyl (C=O) groups is 1. The van der Waals surface area contributed by atoms with E-state index in [1.165, 1.54) is 30.3 Å². The summed E-state index contributed by atoms with van der Waals surface area (Å²) in [7, 11) is 0. The summed E-state index contributed by atoms with van der Waals surface area (Å²) in [5.74, 6) is -0.448. The molecule has 2 N–H and O–H groups in total. The summed E-state index contributed by atoms with van der Waals surface area (Å²) in [5, 5.41) is 4.80. The zero-order valence-corrected chi connectivity index (χ0v) is 14.9. The first-order valence-electron chi connectivity index (χ1n) is 8.58. The Bertz CT molecular complexity index is 1200. The Labute approximate surface area is 164 Å². The van der Waals surface area contributed by atoms with Crippen LogP contribution in [0.4, 0.5) is 25.0 Å². The van der Waals surface area contributed by atoms with E-state index in [1.54, 1.807) is 30.6 Å². The van der Waals surface area contributed by atoms with Gasteiger partial charge in [0, 0.05) is 30.2 Å². The molecule has 0 bridgehead atoms. The van der Waals surface area contributed by atoms with Crippen molar-refractivity contribution in [3.63, 3.8) is 0 Å². The molecular weight excluding hydrogens is 378 g/mol. The molecule has 0 atom stereocenters. The van der Waals surface area contributed by atoms with Gasteiger partial charge in [0.2, 0.25) is 0 Å². The second kappa shape index (κ2) is 7.89. The molecule has 1 aromatic heterocycles. The van der Waals surface area contributed by atoms with E-state index >= 15 is 0 Å². The average Bonchev–Trinajstić information content (AvgIpc) is 2.70. The van der Waals surface area contributed by atoms with Crippen LogP contribution in [0.2, 0.25) is 0 Å². The molecule has 0 spiro atoms. The largest absolute Gasteiger partial charge is 0.457 e. The maximum Gasteiger partial charge on any atom is 0.323 e. The lowest BCUT2D eigenvalue weighted by Gasteiger charge is -2.11. The highest BCUT2D eigenvalue weighted by atomic mass is 19.1. The van der Waals surface area contributed by atoms with Crippen LogP contribution >= 0.6 is 0 Å². The van der Waals surface area contributed by atoms with Gasteiger partial charge in [0.25, 0.3) is 0 Å². The Morgan fingerprint density at radius 1 is 0.828 bits per heavy atom. The molecule has 8 heteroatoms. The predicted octanol–water partition coefficient (Wildman–Crippen LogP) is 5.34. The van der Waals surface area contributed by atoms with E-state index in [9.17, 15) is 13.6 Å². The minimum absolute atomic E-state index is 0.0457. The lowest BCUT2D eigenvalue weighted by atomic mass is 10.2. The molecule has 0 radical (unpaired) electrons. The van der Waals surface area contributed by atoms with Crippen molar-refractivity contribution in [3.8, 4) is 11.5 Å². The molecule has 2 amide bonds. The van der Waals surface area contributed by atoms with Gasteiger partial charge in [0.1, 0.15) is 23.1 Å². The number of fused-ring (bicyclic) bond motifs is 1. The molecule has 1 heterocycles. The van der Waals surface area contributed by atoms with E-state index in [1.807, 2.05) is 0 Å². The van der Waals surface area contributed by atoms with Crippen molar-refractivity contribution in [1.82, 2.24) is 9.97 Å². The molecule has 3 aromatic carbocycles. The van der Waals surface area contributed by atoms with Crippen LogP contribution in [0, 0.1) is 11.6 Å². The number of benzene rings is 3. The fourth-order valence-corrected chi connectivity index (χ4v) is 2.65. The number of nitrogens with one attached hydrogen (secondary N) is 2. The summed E-state index contributed by atoms with van der Waals surface area (Å²) in [4.78, 5) is 20.4. The summed E-state index contributed by atoms with van der Waals surface area (Å²) in [6, 6.07) is 13.9. The van der Waals surface area contributed by atoms with Gasteiger partial charge >= 0.3 is 6.03 Å². The van der Waals surface area contributed by atoms with Crippen LogP contribution in [-0.2, 0) is 0 Å². The van der Waals surface area contributed by atoms with Crippen molar-refractivity contribution < 1.29 is 18.3 Å². The molecule has 144 valence electrons. The second-order valence-corrected chi connectivity index (χ2v) is 6.04. The number of anilines is 2. The first-order chi connectivity index (χ1) is 14.1. The molecule has 0 saturated heterocycles. The number of rotatable bonds is 4. The second-order valence-electron chi connectivity index (χ2n) is 6.04. The third kappa shape index (κ3) is 4.44. The number of aromatic nitrogens is 2. The molecule has 0 aliphatic heterocycles. The van der Waals surface area contributed by atoms with E-state index in [4.69, 9.17) is 4.74 Å². The average molecular weight is 392 g/mol. The number of ether oxygens (including phenoxy) is 1. The van der Waals surface area contributed by atoms with E-state index in [0.717, 1.165) is 17.6 Å². The number of carbonyl (C=O) groups excluding carboxylic acids is 1. The van der Waals surface area contributed by atoms with Crippen molar-refractivity contribution in [3.05, 3.63) is 84.7 Å². The molecule has 29 heavy (non-hydrogen) atoms. The number of nitrogens with zero attached hydrogens (tertiary/aromatic N) is 2. The SMILES string of the molecule is O=C(Nc1cccc(F)c1)Nc1ccc(Oc2ccc3nccnc3c2)cc1F. The van der Waals surface area contributed by atoms with Gasteiger partial charge < -0.3 is 15.4 Å². The van der Waals surface area contributed by atoms with Gasteiger partial charge in [-0.1, -0.05) is 6.07 Å². The number of hydrogen-bond acceptors (Lipinski definition) is 4. The Morgan fingerprint density at radius 3 is 2.38 bits per heavy atom. The van der Waals surface area contributed by atoms with E-state index < -0.39 is 17.7 Å². The van der Waals surface area contributed by atoms with Crippen molar-refractivity contribution in [1.29, 1.82) is 0 Å². The normalized spacial score (nSPS) is 10.6. The van der Waals surface area contributed by atoms with Gasteiger partial charge in [-0.3, -0.25) is 9.97 Å². The highest BCUT2D eigenvalue weighted by molar-refractivity contribution is 5.99. The minimum Gasteiger partial charge on any atom is -0.457 e. The van der Waals surface area contributed by atoms with Crippen molar-refractivity contribution in [2.75, 3.05) is 10.6 Å². The summed E-state index contributed by atoms with van der Waals surface area (Å²) in [5.41, 5.74) is 1.57. The lowest BCUT2D eigenvalue weighted by Crippen LogP contribution is -2.20. The Hall–Kier alpha value is -4.07. The van der Waals surface area contributed by atoms with Gasteiger partial charge in [-0.2, -0.15) is 0 Å². The van der Waals surface area contributed by atoms with Crippen LogP contribution in [0.15, 0.2) is 73.1 Å². The fraction of sp³-hybridized carbons (Fsp3) is 0. The Morgan fingerprint density at radius 2 is 1.59 bits per heavy atom. The molecule has 4 rings (SSSR count). The van der Waals surface area contributed by atoms with Crippen LogP contribution < -0.4 is 15.4 Å². The van der Waals surface area contributed by atoms with Crippen LogP contribution in [0.5, 0.6) is 11.5 Å². The van der Waals surface area contributed by atoms with Crippen molar-refractivity contribution in [2.45, 2.75) is 0 Å². The maximum atomic E-state index is 14.4. The maximum absolute atomic E-state index is 14.4.